The molecule has 0 nitrogen and oxygen atoms in total. The summed E-state index contributed by atoms with van der Waals surface area (Å²) < 4.78 is 0.945. The summed E-state index contributed by atoms with van der Waals surface area (Å²) in [5, 5.41) is 0. The van der Waals surface area contributed by atoms with Gasteiger partial charge in [0.05, 0.1) is 0 Å². The van der Waals surface area contributed by atoms with E-state index in [-0.39, 0.29) is 0 Å². The zero-order valence-electron chi connectivity index (χ0n) is 7.65. The fourth-order valence-corrected chi connectivity index (χ4v) is 2.70. The van der Waals surface area contributed by atoms with Gasteiger partial charge in [0, 0.05) is 3.92 Å². The summed E-state index contributed by atoms with van der Waals surface area (Å²) in [5.41, 5.74) is 0. The van der Waals surface area contributed by atoms with Crippen molar-refractivity contribution in [1.82, 2.24) is 0 Å². The second-order valence-electron chi connectivity index (χ2n) is 3.94. The third kappa shape index (κ3) is 2.92. The Morgan fingerprint density at radius 2 is 1.82 bits per heavy atom. The fourth-order valence-electron chi connectivity index (χ4n) is 1.98. The van der Waals surface area contributed by atoms with Crippen molar-refractivity contribution in [2.45, 2.75) is 49.9 Å². The Balaban J connectivity index is 2.27. The largest absolute Gasteiger partial charge is 0.0823 e. The molecule has 0 unspecified atom stereocenters. The quantitative estimate of drug-likeness (QED) is 0.523. The molecule has 1 heteroatoms. The fraction of sp³-hybridized carbons (Fsp3) is 1.00. The SMILES string of the molecule is CC[C@@H](I)C1CCC(C)CC1. The van der Waals surface area contributed by atoms with Gasteiger partial charge < -0.3 is 0 Å². The normalized spacial score (nSPS) is 35.2. The summed E-state index contributed by atoms with van der Waals surface area (Å²) in [7, 11) is 0. The predicted molar refractivity (Wildman–Crippen MR) is 59.2 cm³/mol. The number of halogens is 1. The van der Waals surface area contributed by atoms with Gasteiger partial charge in [-0.05, 0) is 31.1 Å². The molecule has 1 aliphatic rings. The highest BCUT2D eigenvalue weighted by Gasteiger charge is 2.22. The molecule has 0 amide bonds. The molecular weight excluding hydrogens is 247 g/mol. The molecule has 0 aromatic heterocycles. The molecule has 0 aliphatic heterocycles. The lowest BCUT2D eigenvalue weighted by Crippen LogP contribution is -2.19. The van der Waals surface area contributed by atoms with Crippen LogP contribution in [0.2, 0.25) is 0 Å². The minimum absolute atomic E-state index is 0.945. The maximum absolute atomic E-state index is 2.63. The second-order valence-corrected chi connectivity index (χ2v) is 5.54. The molecule has 11 heavy (non-hydrogen) atoms. The van der Waals surface area contributed by atoms with Crippen molar-refractivity contribution >= 4 is 22.6 Å². The molecule has 0 aromatic rings. The number of hydrogen-bond donors (Lipinski definition) is 0. The van der Waals surface area contributed by atoms with Gasteiger partial charge in [-0.1, -0.05) is 49.3 Å². The summed E-state index contributed by atoms with van der Waals surface area (Å²) in [6.07, 6.45) is 7.29. The minimum atomic E-state index is 0.945. The molecule has 1 aliphatic carbocycles. The van der Waals surface area contributed by atoms with Gasteiger partial charge in [0.25, 0.3) is 0 Å². The lowest BCUT2D eigenvalue weighted by molar-refractivity contribution is 0.287. The highest BCUT2D eigenvalue weighted by atomic mass is 127. The van der Waals surface area contributed by atoms with E-state index in [0.717, 1.165) is 15.8 Å². The Hall–Kier alpha value is 0.730. The molecular formula is C10H19I. The molecule has 1 fully saturated rings. The van der Waals surface area contributed by atoms with Crippen LogP contribution in [-0.4, -0.2) is 3.92 Å². The van der Waals surface area contributed by atoms with Crippen LogP contribution in [0.1, 0.15) is 46.0 Å². The lowest BCUT2D eigenvalue weighted by Gasteiger charge is -2.29. The molecule has 0 spiro atoms. The standard InChI is InChI=1S/C10H19I/c1-3-10(11)9-6-4-8(2)5-7-9/h8-10H,3-7H2,1-2H3/t8?,9?,10-/m1/s1. The summed E-state index contributed by atoms with van der Waals surface area (Å²) in [5.74, 6) is 2.04. The molecule has 0 N–H and O–H groups in total. The van der Waals surface area contributed by atoms with Crippen molar-refractivity contribution in [3.8, 4) is 0 Å². The van der Waals surface area contributed by atoms with Crippen molar-refractivity contribution in [3.63, 3.8) is 0 Å². The molecule has 0 aromatic carbocycles. The van der Waals surface area contributed by atoms with Crippen LogP contribution in [-0.2, 0) is 0 Å². The van der Waals surface area contributed by atoms with Crippen LogP contribution in [0, 0.1) is 11.8 Å². The molecule has 0 bridgehead atoms. The Labute approximate surface area is 84.3 Å². The molecule has 1 saturated carbocycles. The van der Waals surface area contributed by atoms with E-state index in [9.17, 15) is 0 Å². The molecule has 1 atom stereocenters. The highest BCUT2D eigenvalue weighted by molar-refractivity contribution is 14.1. The topological polar surface area (TPSA) is 0 Å². The van der Waals surface area contributed by atoms with Crippen molar-refractivity contribution in [1.29, 1.82) is 0 Å². The van der Waals surface area contributed by atoms with E-state index < -0.39 is 0 Å². The molecule has 66 valence electrons. The van der Waals surface area contributed by atoms with Gasteiger partial charge in [-0.15, -0.1) is 0 Å². The second kappa shape index (κ2) is 4.68. The lowest BCUT2D eigenvalue weighted by atomic mass is 9.81. The number of alkyl halides is 1. The van der Waals surface area contributed by atoms with Gasteiger partial charge in [0.15, 0.2) is 0 Å². The van der Waals surface area contributed by atoms with E-state index in [2.05, 4.69) is 36.4 Å². The first-order chi connectivity index (χ1) is 5.24. The first kappa shape index (κ1) is 9.82. The average Bonchev–Trinajstić information content (AvgIpc) is 2.05. The summed E-state index contributed by atoms with van der Waals surface area (Å²) in [4.78, 5) is 0. The van der Waals surface area contributed by atoms with E-state index in [4.69, 9.17) is 0 Å². The maximum Gasteiger partial charge on any atom is 0.0135 e. The Kier molecular flexibility index (Phi) is 4.18. The Bertz CT molecular complexity index is 103. The van der Waals surface area contributed by atoms with Crippen molar-refractivity contribution in [3.05, 3.63) is 0 Å². The predicted octanol–water partition coefficient (Wildman–Crippen LogP) is 4.03. The van der Waals surface area contributed by atoms with E-state index >= 15 is 0 Å². The third-order valence-electron chi connectivity index (χ3n) is 2.96. The smallest absolute Gasteiger partial charge is 0.0135 e. The number of hydrogen-bond acceptors (Lipinski definition) is 0. The first-order valence-electron chi connectivity index (χ1n) is 4.88. The van der Waals surface area contributed by atoms with Crippen LogP contribution in [0.5, 0.6) is 0 Å². The van der Waals surface area contributed by atoms with E-state index in [1.165, 1.54) is 32.1 Å². The average molecular weight is 266 g/mol. The molecule has 0 radical (unpaired) electrons. The van der Waals surface area contributed by atoms with Crippen LogP contribution in [0.4, 0.5) is 0 Å². The van der Waals surface area contributed by atoms with Crippen LogP contribution < -0.4 is 0 Å². The van der Waals surface area contributed by atoms with E-state index in [1.807, 2.05) is 0 Å². The van der Waals surface area contributed by atoms with Gasteiger partial charge in [-0.3, -0.25) is 0 Å². The maximum atomic E-state index is 2.63. The monoisotopic (exact) mass is 266 g/mol. The highest BCUT2D eigenvalue weighted by Crippen LogP contribution is 2.34. The third-order valence-corrected chi connectivity index (χ3v) is 4.86. The Morgan fingerprint density at radius 3 is 2.27 bits per heavy atom. The first-order valence-corrected chi connectivity index (χ1v) is 6.12. The van der Waals surface area contributed by atoms with Crippen LogP contribution in [0.15, 0.2) is 0 Å². The number of rotatable bonds is 2. The zero-order valence-corrected chi connectivity index (χ0v) is 9.80. The van der Waals surface area contributed by atoms with Gasteiger partial charge in [-0.2, -0.15) is 0 Å². The summed E-state index contributed by atoms with van der Waals surface area (Å²) in [6, 6.07) is 0. The van der Waals surface area contributed by atoms with Crippen LogP contribution in [0.25, 0.3) is 0 Å². The van der Waals surface area contributed by atoms with E-state index in [1.54, 1.807) is 0 Å². The van der Waals surface area contributed by atoms with Crippen LogP contribution >= 0.6 is 22.6 Å². The molecule has 0 saturated heterocycles. The minimum Gasteiger partial charge on any atom is -0.0823 e. The van der Waals surface area contributed by atoms with Gasteiger partial charge in [-0.25, -0.2) is 0 Å². The Morgan fingerprint density at radius 1 is 1.27 bits per heavy atom. The molecule has 0 heterocycles. The van der Waals surface area contributed by atoms with Gasteiger partial charge in [0.1, 0.15) is 0 Å². The summed E-state index contributed by atoms with van der Waals surface area (Å²) in [6.45, 7) is 4.71. The van der Waals surface area contributed by atoms with Crippen molar-refractivity contribution < 1.29 is 0 Å². The van der Waals surface area contributed by atoms with Crippen molar-refractivity contribution in [2.75, 3.05) is 0 Å². The summed E-state index contributed by atoms with van der Waals surface area (Å²) >= 11 is 2.63. The van der Waals surface area contributed by atoms with Gasteiger partial charge in [0.2, 0.25) is 0 Å². The van der Waals surface area contributed by atoms with Gasteiger partial charge >= 0.3 is 0 Å². The van der Waals surface area contributed by atoms with Crippen molar-refractivity contribution in [2.24, 2.45) is 11.8 Å². The van der Waals surface area contributed by atoms with E-state index in [0.29, 0.717) is 0 Å². The molecule has 1 rings (SSSR count). The van der Waals surface area contributed by atoms with Crippen LogP contribution in [0.3, 0.4) is 0 Å². The zero-order chi connectivity index (χ0) is 8.27.